The van der Waals surface area contributed by atoms with Crippen LogP contribution in [-0.2, 0) is 14.4 Å². The molecule has 0 spiro atoms. The van der Waals surface area contributed by atoms with Gasteiger partial charge in [0, 0.05) is 0 Å². The molecular weight excluding hydrogens is 266 g/mol. The summed E-state index contributed by atoms with van der Waals surface area (Å²) < 4.78 is 0. The Balaban J connectivity index is 2.26. The minimum atomic E-state index is -2.13. The van der Waals surface area contributed by atoms with Gasteiger partial charge in [-0.3, -0.25) is 0 Å². The first kappa shape index (κ1) is 14.2. The summed E-state index contributed by atoms with van der Waals surface area (Å²) in [6.45, 7) is 1.74. The van der Waals surface area contributed by atoms with Gasteiger partial charge in [-0.05, 0) is 11.5 Å². The second kappa shape index (κ2) is 5.03. The smallest absolute Gasteiger partial charge is 0.446 e. The highest BCUT2D eigenvalue weighted by Gasteiger charge is 2.62. The van der Waals surface area contributed by atoms with Crippen molar-refractivity contribution in [1.82, 2.24) is 0 Å². The first-order valence-electron chi connectivity index (χ1n) is 6.03. The molecule has 3 atom stereocenters. The summed E-state index contributed by atoms with van der Waals surface area (Å²) in [5.41, 5.74) is 0.822. The molecule has 0 aromatic heterocycles. The monoisotopic (exact) mass is 280 g/mol. The molecule has 2 rings (SSSR count). The zero-order valence-electron chi connectivity index (χ0n) is 10.7. The maximum atomic E-state index is 12.1. The van der Waals surface area contributed by atoms with E-state index in [1.807, 2.05) is 6.07 Å². The number of benzene rings is 1. The summed E-state index contributed by atoms with van der Waals surface area (Å²) in [6.07, 6.45) is -2.15. The SMILES string of the molecule is CC(c1ccccc1)[C@H]1CC(=O)[N+](O)(OC(=O)O)C1=O. The Morgan fingerprint density at radius 3 is 2.50 bits per heavy atom. The Morgan fingerprint density at radius 1 is 1.35 bits per heavy atom. The summed E-state index contributed by atoms with van der Waals surface area (Å²) in [5, 5.41) is 18.3. The van der Waals surface area contributed by atoms with Gasteiger partial charge in [0.25, 0.3) is 0 Å². The molecule has 1 fully saturated rings. The van der Waals surface area contributed by atoms with E-state index in [1.54, 1.807) is 31.2 Å². The van der Waals surface area contributed by atoms with Gasteiger partial charge in [-0.25, -0.2) is 9.59 Å². The molecule has 1 heterocycles. The number of hydroxylamine groups is 4. The van der Waals surface area contributed by atoms with E-state index in [4.69, 9.17) is 5.11 Å². The van der Waals surface area contributed by atoms with Crippen molar-refractivity contribution in [3.05, 3.63) is 35.9 Å². The lowest BCUT2D eigenvalue weighted by molar-refractivity contribution is -1.12. The Labute approximate surface area is 114 Å². The number of rotatable bonds is 3. The van der Waals surface area contributed by atoms with E-state index in [0.29, 0.717) is 0 Å². The number of nitrogens with zero attached hydrogens (tertiary/aromatic N) is 1. The molecule has 0 aliphatic carbocycles. The van der Waals surface area contributed by atoms with E-state index in [2.05, 4.69) is 4.84 Å². The van der Waals surface area contributed by atoms with Gasteiger partial charge in [0.05, 0.1) is 6.42 Å². The highest BCUT2D eigenvalue weighted by atomic mass is 17.0. The third kappa shape index (κ3) is 2.28. The molecule has 20 heavy (non-hydrogen) atoms. The van der Waals surface area contributed by atoms with E-state index in [-0.39, 0.29) is 12.3 Å². The molecule has 1 saturated heterocycles. The molecule has 7 nitrogen and oxygen atoms in total. The summed E-state index contributed by atoms with van der Waals surface area (Å²) in [7, 11) is 0. The average molecular weight is 280 g/mol. The van der Waals surface area contributed by atoms with Gasteiger partial charge in [-0.15, -0.1) is 0 Å². The Morgan fingerprint density at radius 2 is 1.95 bits per heavy atom. The maximum Gasteiger partial charge on any atom is 0.561 e. The maximum absolute atomic E-state index is 12.1. The van der Waals surface area contributed by atoms with Crippen LogP contribution in [0.2, 0.25) is 0 Å². The highest BCUT2D eigenvalue weighted by Crippen LogP contribution is 2.36. The molecular formula is C13H14NO6+. The van der Waals surface area contributed by atoms with Crippen LogP contribution in [0.15, 0.2) is 30.3 Å². The third-order valence-corrected chi connectivity index (χ3v) is 3.49. The fraction of sp³-hybridized carbons (Fsp3) is 0.308. The molecule has 1 aromatic carbocycles. The number of quaternary nitrogens is 1. The molecule has 2 unspecified atom stereocenters. The molecule has 106 valence electrons. The van der Waals surface area contributed by atoms with E-state index in [0.717, 1.165) is 5.56 Å². The van der Waals surface area contributed by atoms with Crippen molar-refractivity contribution in [3.63, 3.8) is 0 Å². The minimum absolute atomic E-state index is 0.265. The van der Waals surface area contributed by atoms with Crippen molar-refractivity contribution in [2.45, 2.75) is 19.3 Å². The van der Waals surface area contributed by atoms with Crippen molar-refractivity contribution < 1.29 is 34.3 Å². The standard InChI is InChI=1S/C13H13NO6/c1-8(9-5-3-2-4-6-9)10-7-11(15)14(19,12(10)16)20-13(17)18/h2-6,8,10,19H,7H2,1H3/p+1/t8?,10-,14?/m1/s1. The molecule has 1 aliphatic rings. The fourth-order valence-electron chi connectivity index (χ4n) is 2.34. The van der Waals surface area contributed by atoms with E-state index < -0.39 is 28.7 Å². The van der Waals surface area contributed by atoms with Gasteiger partial charge in [0.2, 0.25) is 0 Å². The Bertz CT molecular complexity index is 557. The van der Waals surface area contributed by atoms with Crippen molar-refractivity contribution >= 4 is 18.0 Å². The van der Waals surface area contributed by atoms with Gasteiger partial charge >= 0.3 is 18.0 Å². The second-order valence-corrected chi connectivity index (χ2v) is 4.68. The van der Waals surface area contributed by atoms with Crippen molar-refractivity contribution in [2.75, 3.05) is 0 Å². The molecule has 0 saturated carbocycles. The molecule has 0 bridgehead atoms. The van der Waals surface area contributed by atoms with Crippen LogP contribution in [-0.4, -0.2) is 33.1 Å². The number of imide groups is 1. The number of amides is 2. The van der Waals surface area contributed by atoms with Crippen LogP contribution in [0.3, 0.4) is 0 Å². The summed E-state index contributed by atoms with van der Waals surface area (Å²) in [5.74, 6) is -3.11. The van der Waals surface area contributed by atoms with Crippen LogP contribution < -0.4 is 0 Å². The van der Waals surface area contributed by atoms with Gasteiger partial charge in [-0.2, -0.15) is 14.8 Å². The molecule has 2 N–H and O–H groups in total. The lowest BCUT2D eigenvalue weighted by Crippen LogP contribution is -2.51. The van der Waals surface area contributed by atoms with Crippen molar-refractivity contribution in [1.29, 1.82) is 0 Å². The van der Waals surface area contributed by atoms with Crippen LogP contribution in [0.25, 0.3) is 0 Å². The topological polar surface area (TPSA) is 101 Å². The summed E-state index contributed by atoms with van der Waals surface area (Å²) in [4.78, 5) is 36.2. The largest absolute Gasteiger partial charge is 0.561 e. The van der Waals surface area contributed by atoms with Gasteiger partial charge in [0.15, 0.2) is 0 Å². The van der Waals surface area contributed by atoms with Crippen LogP contribution in [0.4, 0.5) is 4.79 Å². The number of hydrogen-bond acceptors (Lipinski definition) is 5. The number of carbonyl (C=O) groups excluding carboxylic acids is 2. The fourth-order valence-corrected chi connectivity index (χ4v) is 2.34. The number of carboxylic acid groups (broad SMARTS) is 1. The lowest BCUT2D eigenvalue weighted by atomic mass is 9.86. The predicted octanol–water partition coefficient (Wildman–Crippen LogP) is 1.68. The molecule has 7 heteroatoms. The number of hydrogen-bond donors (Lipinski definition) is 2. The Kier molecular flexibility index (Phi) is 3.56. The molecule has 0 radical (unpaired) electrons. The lowest BCUT2D eigenvalue weighted by Gasteiger charge is -2.17. The van der Waals surface area contributed by atoms with Crippen LogP contribution >= 0.6 is 0 Å². The minimum Gasteiger partial charge on any atom is -0.446 e. The predicted molar refractivity (Wildman–Crippen MR) is 64.1 cm³/mol. The molecule has 1 aliphatic heterocycles. The first-order valence-corrected chi connectivity index (χ1v) is 6.03. The van der Waals surface area contributed by atoms with E-state index >= 15 is 0 Å². The summed E-state index contributed by atoms with van der Waals surface area (Å²) >= 11 is 0. The van der Waals surface area contributed by atoms with E-state index in [9.17, 15) is 19.6 Å². The Hall–Kier alpha value is -2.25. The zero-order valence-corrected chi connectivity index (χ0v) is 10.7. The van der Waals surface area contributed by atoms with Gasteiger partial charge in [-0.1, -0.05) is 37.3 Å². The second-order valence-electron chi connectivity index (χ2n) is 4.68. The van der Waals surface area contributed by atoms with Crippen LogP contribution in [0, 0.1) is 5.92 Å². The van der Waals surface area contributed by atoms with Gasteiger partial charge in [0.1, 0.15) is 10.7 Å². The van der Waals surface area contributed by atoms with Crippen molar-refractivity contribution in [3.8, 4) is 0 Å². The van der Waals surface area contributed by atoms with E-state index in [1.165, 1.54) is 0 Å². The van der Waals surface area contributed by atoms with Crippen LogP contribution in [0.5, 0.6) is 0 Å². The average Bonchev–Trinajstić information content (AvgIpc) is 2.63. The molecule has 1 aromatic rings. The van der Waals surface area contributed by atoms with Crippen molar-refractivity contribution in [2.24, 2.45) is 5.92 Å². The van der Waals surface area contributed by atoms with Crippen LogP contribution in [0.1, 0.15) is 24.8 Å². The quantitative estimate of drug-likeness (QED) is 0.496. The zero-order chi connectivity index (χ0) is 14.9. The summed E-state index contributed by atoms with van der Waals surface area (Å²) in [6, 6.07) is 9.00. The highest BCUT2D eigenvalue weighted by molar-refractivity contribution is 5.93. The normalized spacial score (nSPS) is 27.4. The third-order valence-electron chi connectivity index (χ3n) is 3.49. The number of carbonyl (C=O) groups is 3. The van der Waals surface area contributed by atoms with Gasteiger partial charge < -0.3 is 5.11 Å². The first-order chi connectivity index (χ1) is 9.36. The molecule has 2 amide bonds.